The van der Waals surface area contributed by atoms with Gasteiger partial charge >= 0.3 is 0 Å². The molecule has 2 unspecified atom stereocenters. The average Bonchev–Trinajstić information content (AvgIpc) is 2.25. The molecular formula is C12H14N2. The van der Waals surface area contributed by atoms with Crippen molar-refractivity contribution in [2.75, 3.05) is 0 Å². The second-order valence-corrected chi connectivity index (χ2v) is 2.92. The first kappa shape index (κ1) is 10.4. The van der Waals surface area contributed by atoms with Crippen molar-refractivity contribution in [2.24, 2.45) is 10.9 Å². The number of hydrogen-bond acceptors (Lipinski definition) is 2. The third-order valence-electron chi connectivity index (χ3n) is 1.97. The first-order chi connectivity index (χ1) is 6.88. The Morgan fingerprint density at radius 3 is 2.86 bits per heavy atom. The Labute approximate surface area is 84.6 Å². The maximum Gasteiger partial charge on any atom is 0.0780 e. The molecule has 2 heteroatoms. The summed E-state index contributed by atoms with van der Waals surface area (Å²) in [6.07, 6.45) is 16.4. The SMILES string of the molecule is C=CC1C=CC=NC1/C=C/C=C\C=N. The van der Waals surface area contributed by atoms with Crippen LogP contribution >= 0.6 is 0 Å². The van der Waals surface area contributed by atoms with E-state index in [4.69, 9.17) is 5.41 Å². The molecule has 0 spiro atoms. The standard InChI is InChI=1S/C12H14N2/c1-2-11-7-6-10-14-12(11)8-4-3-5-9-13/h2-13H,1H2/b5-3-,8-4+,13-9?. The molecule has 0 aromatic rings. The van der Waals surface area contributed by atoms with Crippen molar-refractivity contribution in [3.8, 4) is 0 Å². The summed E-state index contributed by atoms with van der Waals surface area (Å²) >= 11 is 0. The highest BCUT2D eigenvalue weighted by atomic mass is 14.8. The molecule has 1 aliphatic heterocycles. The molecule has 14 heavy (non-hydrogen) atoms. The Bertz CT molecular complexity index is 308. The van der Waals surface area contributed by atoms with Crippen LogP contribution in [0.1, 0.15) is 0 Å². The first-order valence-corrected chi connectivity index (χ1v) is 4.55. The van der Waals surface area contributed by atoms with Crippen LogP contribution in [0.15, 0.2) is 54.1 Å². The molecule has 0 aliphatic carbocycles. The molecule has 0 radical (unpaired) electrons. The van der Waals surface area contributed by atoms with Crippen molar-refractivity contribution in [1.29, 1.82) is 5.41 Å². The van der Waals surface area contributed by atoms with Gasteiger partial charge in [0.15, 0.2) is 0 Å². The van der Waals surface area contributed by atoms with Crippen molar-refractivity contribution in [2.45, 2.75) is 6.04 Å². The average molecular weight is 186 g/mol. The van der Waals surface area contributed by atoms with Crippen LogP contribution in [0.2, 0.25) is 0 Å². The number of allylic oxidation sites excluding steroid dienone is 4. The number of hydrogen-bond donors (Lipinski definition) is 1. The monoisotopic (exact) mass is 186 g/mol. The molecule has 0 aromatic carbocycles. The van der Waals surface area contributed by atoms with Crippen LogP contribution in [0.4, 0.5) is 0 Å². The number of nitrogens with zero attached hydrogens (tertiary/aromatic N) is 1. The molecular weight excluding hydrogens is 172 g/mol. The number of nitrogens with one attached hydrogen (secondary N) is 1. The fraction of sp³-hybridized carbons (Fsp3) is 0.167. The van der Waals surface area contributed by atoms with Crippen LogP contribution in [-0.2, 0) is 0 Å². The molecule has 0 aromatic heterocycles. The van der Waals surface area contributed by atoms with Gasteiger partial charge in [-0.05, 0) is 12.2 Å². The zero-order valence-corrected chi connectivity index (χ0v) is 8.01. The molecule has 1 heterocycles. The van der Waals surface area contributed by atoms with E-state index < -0.39 is 0 Å². The quantitative estimate of drug-likeness (QED) is 0.398. The highest BCUT2D eigenvalue weighted by molar-refractivity contribution is 5.73. The Morgan fingerprint density at radius 1 is 1.29 bits per heavy atom. The molecule has 72 valence electrons. The van der Waals surface area contributed by atoms with E-state index in [9.17, 15) is 0 Å². The van der Waals surface area contributed by atoms with Crippen molar-refractivity contribution in [1.82, 2.24) is 0 Å². The first-order valence-electron chi connectivity index (χ1n) is 4.55. The van der Waals surface area contributed by atoms with E-state index in [-0.39, 0.29) is 12.0 Å². The maximum absolute atomic E-state index is 6.80. The van der Waals surface area contributed by atoms with Gasteiger partial charge in [0.2, 0.25) is 0 Å². The van der Waals surface area contributed by atoms with Gasteiger partial charge in [-0.2, -0.15) is 0 Å². The summed E-state index contributed by atoms with van der Waals surface area (Å²) in [6, 6.07) is 0.146. The fourth-order valence-corrected chi connectivity index (χ4v) is 1.23. The highest BCUT2D eigenvalue weighted by Crippen LogP contribution is 2.15. The largest absolute Gasteiger partial charge is 0.309 e. The number of dihydropyridines is 1. The minimum atomic E-state index is 0.146. The van der Waals surface area contributed by atoms with Gasteiger partial charge in [0, 0.05) is 18.3 Å². The molecule has 2 atom stereocenters. The van der Waals surface area contributed by atoms with Crippen LogP contribution in [0.3, 0.4) is 0 Å². The fourth-order valence-electron chi connectivity index (χ4n) is 1.23. The van der Waals surface area contributed by atoms with Crippen LogP contribution < -0.4 is 0 Å². The van der Waals surface area contributed by atoms with Crippen LogP contribution in [-0.4, -0.2) is 18.5 Å². The minimum absolute atomic E-state index is 0.146. The molecule has 1 aliphatic rings. The molecule has 2 nitrogen and oxygen atoms in total. The predicted octanol–water partition coefficient (Wildman–Crippen LogP) is 2.56. The molecule has 0 bridgehead atoms. The van der Waals surface area contributed by atoms with Gasteiger partial charge in [-0.25, -0.2) is 0 Å². The van der Waals surface area contributed by atoms with E-state index in [1.807, 2.05) is 30.4 Å². The molecule has 0 amide bonds. The number of aliphatic imine (C=N–C) groups is 1. The lowest BCUT2D eigenvalue weighted by Gasteiger charge is -2.16. The molecule has 1 rings (SSSR count). The lowest BCUT2D eigenvalue weighted by Crippen LogP contribution is -2.14. The Kier molecular flexibility index (Phi) is 4.35. The zero-order chi connectivity index (χ0) is 10.2. The minimum Gasteiger partial charge on any atom is -0.309 e. The third-order valence-corrected chi connectivity index (χ3v) is 1.97. The molecule has 1 N–H and O–H groups in total. The normalized spacial score (nSPS) is 26.0. The Morgan fingerprint density at radius 2 is 2.14 bits per heavy atom. The van der Waals surface area contributed by atoms with E-state index in [2.05, 4.69) is 17.6 Å². The predicted molar refractivity (Wildman–Crippen MR) is 62.2 cm³/mol. The summed E-state index contributed by atoms with van der Waals surface area (Å²) in [7, 11) is 0. The van der Waals surface area contributed by atoms with Crippen LogP contribution in [0, 0.1) is 11.3 Å². The van der Waals surface area contributed by atoms with Crippen molar-refractivity contribution in [3.63, 3.8) is 0 Å². The van der Waals surface area contributed by atoms with E-state index >= 15 is 0 Å². The maximum atomic E-state index is 6.80. The van der Waals surface area contributed by atoms with Gasteiger partial charge in [-0.1, -0.05) is 30.4 Å². The van der Waals surface area contributed by atoms with E-state index in [0.717, 1.165) is 0 Å². The van der Waals surface area contributed by atoms with E-state index in [0.29, 0.717) is 0 Å². The van der Waals surface area contributed by atoms with Crippen LogP contribution in [0.25, 0.3) is 0 Å². The van der Waals surface area contributed by atoms with E-state index in [1.54, 1.807) is 12.3 Å². The summed E-state index contributed by atoms with van der Waals surface area (Å²) in [5.41, 5.74) is 0. The molecule has 0 saturated carbocycles. The van der Waals surface area contributed by atoms with Gasteiger partial charge < -0.3 is 5.41 Å². The lowest BCUT2D eigenvalue weighted by atomic mass is 9.97. The highest BCUT2D eigenvalue weighted by Gasteiger charge is 2.12. The van der Waals surface area contributed by atoms with Gasteiger partial charge in [0.25, 0.3) is 0 Å². The van der Waals surface area contributed by atoms with Gasteiger partial charge in [-0.15, -0.1) is 6.58 Å². The second-order valence-electron chi connectivity index (χ2n) is 2.92. The Balaban J connectivity index is 2.58. The summed E-state index contributed by atoms with van der Waals surface area (Å²) in [5, 5.41) is 6.80. The van der Waals surface area contributed by atoms with Gasteiger partial charge in [0.1, 0.15) is 0 Å². The molecule has 0 fully saturated rings. The summed E-state index contributed by atoms with van der Waals surface area (Å²) in [4.78, 5) is 4.32. The summed E-state index contributed by atoms with van der Waals surface area (Å²) in [6.45, 7) is 3.77. The summed E-state index contributed by atoms with van der Waals surface area (Å²) in [5.74, 6) is 0.282. The van der Waals surface area contributed by atoms with Crippen LogP contribution in [0.5, 0.6) is 0 Å². The van der Waals surface area contributed by atoms with Crippen molar-refractivity contribution >= 4 is 12.4 Å². The Hall–Kier alpha value is -1.70. The van der Waals surface area contributed by atoms with Gasteiger partial charge in [-0.3, -0.25) is 4.99 Å². The smallest absolute Gasteiger partial charge is 0.0780 e. The topological polar surface area (TPSA) is 36.2 Å². The lowest BCUT2D eigenvalue weighted by molar-refractivity contribution is 0.692. The van der Waals surface area contributed by atoms with Crippen molar-refractivity contribution in [3.05, 3.63) is 49.1 Å². The third kappa shape index (κ3) is 2.98. The van der Waals surface area contributed by atoms with E-state index in [1.165, 1.54) is 6.21 Å². The number of rotatable bonds is 4. The molecule has 0 saturated heterocycles. The van der Waals surface area contributed by atoms with Crippen molar-refractivity contribution < 1.29 is 0 Å². The van der Waals surface area contributed by atoms with Gasteiger partial charge in [0.05, 0.1) is 6.04 Å². The second kappa shape index (κ2) is 5.86. The zero-order valence-electron chi connectivity index (χ0n) is 8.01. The summed E-state index contributed by atoms with van der Waals surface area (Å²) < 4.78 is 0.